The summed E-state index contributed by atoms with van der Waals surface area (Å²) < 4.78 is 0. The molecule has 1 aromatic rings. The largest absolute Gasteiger partial charge is 0.352 e. The highest BCUT2D eigenvalue weighted by Gasteiger charge is 2.29. The molecule has 3 rings (SSSR count). The van der Waals surface area contributed by atoms with Gasteiger partial charge >= 0.3 is 0 Å². The maximum absolute atomic E-state index is 12.6. The minimum atomic E-state index is 0.0981. The van der Waals surface area contributed by atoms with Crippen molar-refractivity contribution in [2.45, 2.75) is 57.9 Å². The molecule has 0 atom stereocenters. The lowest BCUT2D eigenvalue weighted by molar-refractivity contribution is -0.138. The zero-order valence-electron chi connectivity index (χ0n) is 15.0. The van der Waals surface area contributed by atoms with Gasteiger partial charge in [-0.15, -0.1) is 0 Å². The molecule has 0 unspecified atom stereocenters. The van der Waals surface area contributed by atoms with Crippen LogP contribution in [0.15, 0.2) is 24.5 Å². The number of nitrogens with zero attached hydrogens (tertiary/aromatic N) is 2. The molecule has 136 valence electrons. The molecule has 0 spiro atoms. The standard InChI is InChI=1S/C20H29N3O2/c24-19(22-15-17-5-4-10-21-14-17)13-16-8-11-23(12-9-16)20(25)18-6-2-1-3-7-18/h4-5,10,14,16,18H,1-3,6-9,11-13,15H2,(H,22,24). The molecule has 2 aliphatic rings. The fourth-order valence-electron chi connectivity index (χ4n) is 4.00. The van der Waals surface area contributed by atoms with E-state index in [1.807, 2.05) is 17.0 Å². The number of rotatable bonds is 5. The minimum Gasteiger partial charge on any atom is -0.352 e. The number of aromatic nitrogens is 1. The van der Waals surface area contributed by atoms with Crippen LogP contribution in [0.4, 0.5) is 0 Å². The molecule has 0 bridgehead atoms. The number of carbonyl (C=O) groups excluding carboxylic acids is 2. The summed E-state index contributed by atoms with van der Waals surface area (Å²) in [4.78, 5) is 30.8. The quantitative estimate of drug-likeness (QED) is 0.894. The zero-order chi connectivity index (χ0) is 17.5. The van der Waals surface area contributed by atoms with E-state index >= 15 is 0 Å². The topological polar surface area (TPSA) is 62.3 Å². The van der Waals surface area contributed by atoms with Crippen LogP contribution in [0.2, 0.25) is 0 Å². The Hall–Kier alpha value is -1.91. The Morgan fingerprint density at radius 2 is 1.88 bits per heavy atom. The first-order chi connectivity index (χ1) is 12.2. The zero-order valence-corrected chi connectivity index (χ0v) is 15.0. The van der Waals surface area contributed by atoms with E-state index in [0.29, 0.717) is 24.8 Å². The second kappa shape index (κ2) is 8.97. The van der Waals surface area contributed by atoms with Crippen LogP contribution in [0.3, 0.4) is 0 Å². The van der Waals surface area contributed by atoms with Gasteiger partial charge in [0.15, 0.2) is 0 Å². The van der Waals surface area contributed by atoms with E-state index in [4.69, 9.17) is 0 Å². The van der Waals surface area contributed by atoms with E-state index in [0.717, 1.165) is 44.3 Å². The number of hydrogen-bond donors (Lipinski definition) is 1. The predicted molar refractivity (Wildman–Crippen MR) is 96.6 cm³/mol. The molecule has 0 radical (unpaired) electrons. The number of nitrogens with one attached hydrogen (secondary N) is 1. The highest BCUT2D eigenvalue weighted by atomic mass is 16.2. The van der Waals surface area contributed by atoms with Gasteiger partial charge in [-0.05, 0) is 43.2 Å². The van der Waals surface area contributed by atoms with Crippen molar-refractivity contribution in [3.05, 3.63) is 30.1 Å². The summed E-state index contributed by atoms with van der Waals surface area (Å²) in [5.41, 5.74) is 1.02. The van der Waals surface area contributed by atoms with Gasteiger partial charge in [-0.2, -0.15) is 0 Å². The van der Waals surface area contributed by atoms with Gasteiger partial charge in [0.25, 0.3) is 0 Å². The van der Waals surface area contributed by atoms with Crippen molar-refractivity contribution >= 4 is 11.8 Å². The summed E-state index contributed by atoms with van der Waals surface area (Å²) in [7, 11) is 0. The van der Waals surface area contributed by atoms with Crippen LogP contribution in [0.5, 0.6) is 0 Å². The van der Waals surface area contributed by atoms with Crippen LogP contribution in [-0.2, 0) is 16.1 Å². The maximum atomic E-state index is 12.6. The normalized spacial score (nSPS) is 19.6. The fraction of sp³-hybridized carbons (Fsp3) is 0.650. The van der Waals surface area contributed by atoms with Crippen molar-refractivity contribution in [1.29, 1.82) is 0 Å². The molecule has 0 aromatic carbocycles. The summed E-state index contributed by atoms with van der Waals surface area (Å²) in [6.45, 7) is 2.16. The second-order valence-electron chi connectivity index (χ2n) is 7.45. The Balaban J connectivity index is 1.37. The first kappa shape index (κ1) is 17.9. The molecular weight excluding hydrogens is 314 g/mol. The highest BCUT2D eigenvalue weighted by Crippen LogP contribution is 2.28. The molecule has 5 nitrogen and oxygen atoms in total. The van der Waals surface area contributed by atoms with Crippen LogP contribution >= 0.6 is 0 Å². The van der Waals surface area contributed by atoms with Gasteiger partial charge in [0.2, 0.25) is 11.8 Å². The number of carbonyl (C=O) groups is 2. The lowest BCUT2D eigenvalue weighted by atomic mass is 9.87. The summed E-state index contributed by atoms with van der Waals surface area (Å²) in [6, 6.07) is 3.84. The minimum absolute atomic E-state index is 0.0981. The van der Waals surface area contributed by atoms with E-state index < -0.39 is 0 Å². The van der Waals surface area contributed by atoms with Gasteiger partial charge in [0.1, 0.15) is 0 Å². The number of amides is 2. The monoisotopic (exact) mass is 343 g/mol. The van der Waals surface area contributed by atoms with Crippen molar-refractivity contribution in [2.75, 3.05) is 13.1 Å². The Kier molecular flexibility index (Phi) is 6.42. The molecule has 2 fully saturated rings. The predicted octanol–water partition coefficient (Wildman–Crippen LogP) is 2.91. The summed E-state index contributed by atoms with van der Waals surface area (Å²) in [5, 5.41) is 2.97. The molecule has 1 N–H and O–H groups in total. The first-order valence-electron chi connectivity index (χ1n) is 9.67. The molecule has 2 heterocycles. The smallest absolute Gasteiger partial charge is 0.225 e. The summed E-state index contributed by atoms with van der Waals surface area (Å²) in [5.74, 6) is 1.11. The Morgan fingerprint density at radius 3 is 2.56 bits per heavy atom. The van der Waals surface area contributed by atoms with Crippen LogP contribution in [-0.4, -0.2) is 34.8 Å². The van der Waals surface area contributed by atoms with Crippen LogP contribution in [0.25, 0.3) is 0 Å². The van der Waals surface area contributed by atoms with Gasteiger partial charge in [0, 0.05) is 44.4 Å². The van der Waals surface area contributed by atoms with Gasteiger partial charge in [-0.3, -0.25) is 14.6 Å². The third kappa shape index (κ3) is 5.28. The molecule has 1 aliphatic heterocycles. The number of pyridine rings is 1. The van der Waals surface area contributed by atoms with Crippen molar-refractivity contribution in [1.82, 2.24) is 15.2 Å². The number of likely N-dealkylation sites (tertiary alicyclic amines) is 1. The molecule has 25 heavy (non-hydrogen) atoms. The third-order valence-electron chi connectivity index (χ3n) is 5.57. The molecule has 5 heteroatoms. The van der Waals surface area contributed by atoms with E-state index in [1.165, 1.54) is 19.3 Å². The Bertz CT molecular complexity index is 562. The first-order valence-corrected chi connectivity index (χ1v) is 9.67. The summed E-state index contributed by atoms with van der Waals surface area (Å²) in [6.07, 6.45) is 11.8. The molecule has 2 amide bonds. The highest BCUT2D eigenvalue weighted by molar-refractivity contribution is 5.79. The van der Waals surface area contributed by atoms with Crippen molar-refractivity contribution < 1.29 is 9.59 Å². The van der Waals surface area contributed by atoms with Crippen molar-refractivity contribution in [3.8, 4) is 0 Å². The molecule has 1 aromatic heterocycles. The Morgan fingerprint density at radius 1 is 1.12 bits per heavy atom. The van der Waals surface area contributed by atoms with Crippen molar-refractivity contribution in [2.24, 2.45) is 11.8 Å². The maximum Gasteiger partial charge on any atom is 0.225 e. The summed E-state index contributed by atoms with van der Waals surface area (Å²) >= 11 is 0. The number of hydrogen-bond acceptors (Lipinski definition) is 3. The fourth-order valence-corrected chi connectivity index (χ4v) is 4.00. The lowest BCUT2D eigenvalue weighted by Crippen LogP contribution is -2.43. The van der Waals surface area contributed by atoms with Crippen LogP contribution in [0, 0.1) is 11.8 Å². The second-order valence-corrected chi connectivity index (χ2v) is 7.45. The van der Waals surface area contributed by atoms with Crippen molar-refractivity contribution in [3.63, 3.8) is 0 Å². The van der Waals surface area contributed by atoms with Gasteiger partial charge < -0.3 is 10.2 Å². The molecule has 1 saturated heterocycles. The van der Waals surface area contributed by atoms with Gasteiger partial charge in [0.05, 0.1) is 0 Å². The number of piperidine rings is 1. The van der Waals surface area contributed by atoms with E-state index in [9.17, 15) is 9.59 Å². The van der Waals surface area contributed by atoms with E-state index in [-0.39, 0.29) is 11.8 Å². The van der Waals surface area contributed by atoms with Crippen LogP contribution in [0.1, 0.15) is 56.9 Å². The van der Waals surface area contributed by atoms with Crippen LogP contribution < -0.4 is 5.32 Å². The van der Waals surface area contributed by atoms with Gasteiger partial charge in [-0.1, -0.05) is 25.3 Å². The average molecular weight is 343 g/mol. The van der Waals surface area contributed by atoms with E-state index in [1.54, 1.807) is 12.4 Å². The SMILES string of the molecule is O=C(CC1CCN(C(=O)C2CCCCC2)CC1)NCc1cccnc1. The molecular formula is C20H29N3O2. The van der Waals surface area contributed by atoms with Gasteiger partial charge in [-0.25, -0.2) is 0 Å². The third-order valence-corrected chi connectivity index (χ3v) is 5.57. The molecule has 1 saturated carbocycles. The van der Waals surface area contributed by atoms with E-state index in [2.05, 4.69) is 10.3 Å². The lowest BCUT2D eigenvalue weighted by Gasteiger charge is -2.35. The Labute approximate surface area is 150 Å². The molecule has 1 aliphatic carbocycles. The average Bonchev–Trinajstić information content (AvgIpc) is 2.68.